The zero-order chi connectivity index (χ0) is 26.7. The van der Waals surface area contributed by atoms with Crippen molar-refractivity contribution >= 4 is 17.5 Å². The van der Waals surface area contributed by atoms with Crippen molar-refractivity contribution in [3.05, 3.63) is 120 Å². The quantitative estimate of drug-likeness (QED) is 0.291. The van der Waals surface area contributed by atoms with Gasteiger partial charge in [0.2, 0.25) is 0 Å². The van der Waals surface area contributed by atoms with Gasteiger partial charge in [-0.1, -0.05) is 79.9 Å². The lowest BCUT2D eigenvalue weighted by molar-refractivity contribution is 0.190. The summed E-state index contributed by atoms with van der Waals surface area (Å²) >= 11 is 0. The molecule has 4 aromatic rings. The number of nitrogens with zero attached hydrogens (tertiary/aromatic N) is 4. The normalized spacial score (nSPS) is 20.7. The van der Waals surface area contributed by atoms with Crippen molar-refractivity contribution in [1.29, 1.82) is 0 Å². The van der Waals surface area contributed by atoms with Crippen LogP contribution in [-0.4, -0.2) is 34.9 Å². The average Bonchev–Trinajstić information content (AvgIpc) is 3.70. The number of hydrogen-bond acceptors (Lipinski definition) is 5. The van der Waals surface area contributed by atoms with Crippen LogP contribution in [-0.2, 0) is 5.54 Å². The minimum atomic E-state index is -0.469. The number of dihydropyridines is 1. The van der Waals surface area contributed by atoms with Gasteiger partial charge in [-0.15, -0.1) is 0 Å². The smallest absolute Gasteiger partial charge is 0.130 e. The highest BCUT2D eigenvalue weighted by atomic mass is 16.3. The standard InChI is InChI=1S/C33H35N5O/c1-35-22-29-28(31-18-11-19-39-31)20-30(37-32(29)34)24-21-36-38(23-24)33(25-12-5-2-6-13-25,26-14-7-3-8-15-26)27-16-9-4-10-17-27/h2-3,5-8,11-15,18-23,27,29,32H,4,9-10,16-17,34H2,1H3. The van der Waals surface area contributed by atoms with Gasteiger partial charge in [0, 0.05) is 30.6 Å². The summed E-state index contributed by atoms with van der Waals surface area (Å²) in [4.78, 5) is 9.15. The number of furan rings is 1. The van der Waals surface area contributed by atoms with E-state index in [1.807, 2.05) is 24.5 Å². The van der Waals surface area contributed by atoms with Gasteiger partial charge in [-0.3, -0.25) is 9.67 Å². The molecular weight excluding hydrogens is 482 g/mol. The first kappa shape index (κ1) is 25.3. The Hall–Kier alpha value is -4.03. The zero-order valence-electron chi connectivity index (χ0n) is 22.4. The Morgan fingerprint density at radius 1 is 0.949 bits per heavy atom. The van der Waals surface area contributed by atoms with Gasteiger partial charge in [0.25, 0.3) is 0 Å². The molecule has 0 saturated heterocycles. The fourth-order valence-corrected chi connectivity index (χ4v) is 6.51. The molecule has 1 aliphatic carbocycles. The van der Waals surface area contributed by atoms with E-state index in [4.69, 9.17) is 20.2 Å². The maximum Gasteiger partial charge on any atom is 0.130 e. The Balaban J connectivity index is 1.50. The summed E-state index contributed by atoms with van der Waals surface area (Å²) in [5.74, 6) is 1.04. The molecule has 3 heterocycles. The molecule has 198 valence electrons. The van der Waals surface area contributed by atoms with Crippen molar-refractivity contribution < 1.29 is 4.42 Å². The predicted octanol–water partition coefficient (Wildman–Crippen LogP) is 6.34. The van der Waals surface area contributed by atoms with Crippen LogP contribution in [0.25, 0.3) is 5.57 Å². The van der Waals surface area contributed by atoms with Crippen molar-refractivity contribution in [2.45, 2.75) is 43.8 Å². The van der Waals surface area contributed by atoms with Crippen molar-refractivity contribution in [2.75, 3.05) is 7.05 Å². The summed E-state index contributed by atoms with van der Waals surface area (Å²) in [6.45, 7) is 0. The van der Waals surface area contributed by atoms with Gasteiger partial charge < -0.3 is 15.1 Å². The van der Waals surface area contributed by atoms with Crippen LogP contribution < -0.4 is 5.73 Å². The second-order valence-corrected chi connectivity index (χ2v) is 10.5. The maximum atomic E-state index is 6.59. The molecule has 0 amide bonds. The molecule has 6 rings (SSSR count). The zero-order valence-corrected chi connectivity index (χ0v) is 22.4. The molecule has 2 aromatic heterocycles. The largest absolute Gasteiger partial charge is 0.465 e. The van der Waals surface area contributed by atoms with Gasteiger partial charge in [-0.2, -0.15) is 5.10 Å². The third kappa shape index (κ3) is 4.59. The SMILES string of the molecule is CN=CC1C(c2ccco2)=CC(c2cnn(C(c3ccccc3)(c3ccccc3)C3CCCCC3)c2)=NC1N. The minimum absolute atomic E-state index is 0.157. The van der Waals surface area contributed by atoms with Crippen LogP contribution in [0.3, 0.4) is 0 Å². The number of benzene rings is 2. The molecule has 39 heavy (non-hydrogen) atoms. The summed E-state index contributed by atoms with van der Waals surface area (Å²) < 4.78 is 7.97. The number of allylic oxidation sites excluding steroid dienone is 1. The molecule has 2 aromatic carbocycles. The molecule has 6 heteroatoms. The minimum Gasteiger partial charge on any atom is -0.465 e. The van der Waals surface area contributed by atoms with Crippen LogP contribution >= 0.6 is 0 Å². The third-order valence-corrected chi connectivity index (χ3v) is 8.29. The number of aromatic nitrogens is 2. The van der Waals surface area contributed by atoms with E-state index < -0.39 is 11.7 Å². The highest BCUT2D eigenvalue weighted by molar-refractivity contribution is 6.14. The lowest BCUT2D eigenvalue weighted by atomic mass is 9.67. The predicted molar refractivity (Wildman–Crippen MR) is 157 cm³/mol. The van der Waals surface area contributed by atoms with Gasteiger partial charge in [-0.25, -0.2) is 0 Å². The van der Waals surface area contributed by atoms with Gasteiger partial charge in [0.15, 0.2) is 0 Å². The second kappa shape index (κ2) is 11.0. The highest BCUT2D eigenvalue weighted by Gasteiger charge is 2.45. The Bertz CT molecular complexity index is 1420. The molecule has 0 bridgehead atoms. The van der Waals surface area contributed by atoms with Gasteiger partial charge in [0.1, 0.15) is 17.5 Å². The first-order valence-electron chi connectivity index (χ1n) is 13.9. The molecule has 1 fully saturated rings. The molecule has 0 radical (unpaired) electrons. The average molecular weight is 518 g/mol. The number of hydrogen-bond donors (Lipinski definition) is 1. The molecule has 2 aliphatic rings. The van der Waals surface area contributed by atoms with E-state index in [0.29, 0.717) is 5.92 Å². The summed E-state index contributed by atoms with van der Waals surface area (Å²) in [5.41, 5.74) is 11.4. The monoisotopic (exact) mass is 517 g/mol. The Morgan fingerprint density at radius 3 is 2.26 bits per heavy atom. The van der Waals surface area contributed by atoms with Crippen molar-refractivity contribution in [2.24, 2.45) is 27.6 Å². The Morgan fingerprint density at radius 2 is 1.64 bits per heavy atom. The Kier molecular flexibility index (Phi) is 7.12. The van der Waals surface area contributed by atoms with Crippen LogP contribution in [0.2, 0.25) is 0 Å². The van der Waals surface area contributed by atoms with Crippen molar-refractivity contribution in [3.8, 4) is 0 Å². The van der Waals surface area contributed by atoms with Crippen LogP contribution in [0.15, 0.2) is 112 Å². The summed E-state index contributed by atoms with van der Waals surface area (Å²) in [6, 6.07) is 25.6. The van der Waals surface area contributed by atoms with E-state index in [0.717, 1.165) is 35.5 Å². The molecule has 2 unspecified atom stereocenters. The molecule has 1 saturated carbocycles. The van der Waals surface area contributed by atoms with Crippen LogP contribution in [0, 0.1) is 11.8 Å². The molecule has 6 nitrogen and oxygen atoms in total. The third-order valence-electron chi connectivity index (χ3n) is 8.29. The van der Waals surface area contributed by atoms with Crippen LogP contribution in [0.1, 0.15) is 54.6 Å². The molecule has 1 aliphatic heterocycles. The Labute approximate surface area is 230 Å². The van der Waals surface area contributed by atoms with E-state index in [2.05, 4.69) is 82.6 Å². The molecule has 0 spiro atoms. The van der Waals surface area contributed by atoms with Gasteiger partial charge in [-0.05, 0) is 48.1 Å². The van der Waals surface area contributed by atoms with Crippen LogP contribution in [0.5, 0.6) is 0 Å². The van der Waals surface area contributed by atoms with E-state index in [1.54, 1.807) is 13.3 Å². The lowest BCUT2D eigenvalue weighted by Gasteiger charge is -2.44. The summed E-state index contributed by atoms with van der Waals surface area (Å²) in [5, 5.41) is 5.08. The number of aliphatic imine (C=N–C) groups is 2. The first-order chi connectivity index (χ1) is 19.2. The van der Waals surface area contributed by atoms with Gasteiger partial charge >= 0.3 is 0 Å². The lowest BCUT2D eigenvalue weighted by Crippen LogP contribution is -2.45. The number of rotatable bonds is 7. The topological polar surface area (TPSA) is 81.7 Å². The van der Waals surface area contributed by atoms with E-state index in [1.165, 1.54) is 30.4 Å². The molecular formula is C33H35N5O. The van der Waals surface area contributed by atoms with E-state index in [-0.39, 0.29) is 5.92 Å². The fraction of sp³-hybridized carbons (Fsp3) is 0.303. The fourth-order valence-electron chi connectivity index (χ4n) is 6.51. The molecule has 2 atom stereocenters. The maximum absolute atomic E-state index is 6.59. The van der Waals surface area contributed by atoms with E-state index in [9.17, 15) is 0 Å². The van der Waals surface area contributed by atoms with E-state index >= 15 is 0 Å². The number of nitrogens with two attached hydrogens (primary N) is 1. The van der Waals surface area contributed by atoms with Crippen LogP contribution in [0.4, 0.5) is 0 Å². The summed E-state index contributed by atoms with van der Waals surface area (Å²) in [6.07, 6.45) is 15.3. The van der Waals surface area contributed by atoms with Crippen molar-refractivity contribution in [1.82, 2.24) is 9.78 Å². The van der Waals surface area contributed by atoms with Crippen molar-refractivity contribution in [3.63, 3.8) is 0 Å². The molecule has 2 N–H and O–H groups in total. The first-order valence-corrected chi connectivity index (χ1v) is 13.9. The second-order valence-electron chi connectivity index (χ2n) is 10.5. The summed E-state index contributed by atoms with van der Waals surface area (Å²) in [7, 11) is 1.76. The highest BCUT2D eigenvalue weighted by Crippen LogP contribution is 2.47. The van der Waals surface area contributed by atoms with Gasteiger partial charge in [0.05, 0.1) is 24.1 Å².